The van der Waals surface area contributed by atoms with Gasteiger partial charge in [-0.1, -0.05) is 42.3 Å². The van der Waals surface area contributed by atoms with Gasteiger partial charge in [0, 0.05) is 18.1 Å². The van der Waals surface area contributed by atoms with E-state index in [1.807, 2.05) is 0 Å². The molecular formula is C23H29Cl2N3O5S. The molecule has 8 nitrogen and oxygen atoms in total. The second kappa shape index (κ2) is 12.3. The number of likely N-dealkylation sites (N-methyl/N-ethyl adjacent to an activating group) is 1. The number of sulfonamides is 1. The zero-order valence-electron chi connectivity index (χ0n) is 19.5. The molecule has 1 N–H and O–H groups in total. The van der Waals surface area contributed by atoms with Gasteiger partial charge in [-0.05, 0) is 49.2 Å². The summed E-state index contributed by atoms with van der Waals surface area (Å²) in [6.07, 6.45) is 1.33. The molecule has 0 aliphatic rings. The van der Waals surface area contributed by atoms with Crippen LogP contribution in [-0.2, 0) is 26.2 Å². The minimum absolute atomic E-state index is 0.0863. The Bertz CT molecular complexity index is 1110. The van der Waals surface area contributed by atoms with E-state index in [1.165, 1.54) is 23.1 Å². The van der Waals surface area contributed by atoms with Crippen LogP contribution < -0.4 is 14.4 Å². The van der Waals surface area contributed by atoms with Crippen molar-refractivity contribution in [1.29, 1.82) is 0 Å². The van der Waals surface area contributed by atoms with Crippen LogP contribution in [0.1, 0.15) is 25.8 Å². The molecule has 0 bridgehead atoms. The summed E-state index contributed by atoms with van der Waals surface area (Å²) < 4.78 is 31.3. The van der Waals surface area contributed by atoms with Crippen LogP contribution in [-0.4, -0.2) is 57.6 Å². The van der Waals surface area contributed by atoms with Crippen molar-refractivity contribution < 1.29 is 22.7 Å². The fourth-order valence-electron chi connectivity index (χ4n) is 3.42. The molecule has 0 unspecified atom stereocenters. The van der Waals surface area contributed by atoms with Gasteiger partial charge in [-0.2, -0.15) is 0 Å². The monoisotopic (exact) mass is 529 g/mol. The number of methoxy groups -OCH3 is 1. The highest BCUT2D eigenvalue weighted by atomic mass is 35.5. The maximum absolute atomic E-state index is 13.5. The average molecular weight is 530 g/mol. The zero-order chi connectivity index (χ0) is 25.5. The topological polar surface area (TPSA) is 96.0 Å². The van der Waals surface area contributed by atoms with E-state index in [1.54, 1.807) is 45.2 Å². The Labute approximate surface area is 210 Å². The van der Waals surface area contributed by atoms with E-state index in [9.17, 15) is 18.0 Å². The number of carbonyl (C=O) groups is 2. The molecule has 0 fully saturated rings. The first kappa shape index (κ1) is 27.8. The Kier molecular flexibility index (Phi) is 10.0. The van der Waals surface area contributed by atoms with Gasteiger partial charge in [0.05, 0.1) is 24.1 Å². The Balaban J connectivity index is 2.45. The molecule has 0 saturated carbocycles. The van der Waals surface area contributed by atoms with E-state index in [4.69, 9.17) is 27.9 Å². The molecule has 0 heterocycles. The number of anilines is 1. The third-order valence-corrected chi connectivity index (χ3v) is 6.77. The smallest absolute Gasteiger partial charge is 0.244 e. The number of hydrogen-bond acceptors (Lipinski definition) is 5. The summed E-state index contributed by atoms with van der Waals surface area (Å²) in [5.41, 5.74) is 0.879. The maximum Gasteiger partial charge on any atom is 0.244 e. The number of rotatable bonds is 11. The first-order valence-electron chi connectivity index (χ1n) is 10.6. The number of halogens is 2. The molecule has 0 aromatic heterocycles. The number of nitrogens with zero attached hydrogens (tertiary/aromatic N) is 2. The maximum atomic E-state index is 13.5. The van der Waals surface area contributed by atoms with Crippen LogP contribution in [0.4, 0.5) is 5.69 Å². The molecule has 1 atom stereocenters. The van der Waals surface area contributed by atoms with Crippen molar-refractivity contribution in [2.75, 3.05) is 30.8 Å². The summed E-state index contributed by atoms with van der Waals surface area (Å²) in [6.45, 7) is 3.54. The molecule has 34 heavy (non-hydrogen) atoms. The second-order valence-corrected chi connectivity index (χ2v) is 10.3. The van der Waals surface area contributed by atoms with E-state index >= 15 is 0 Å². The largest absolute Gasteiger partial charge is 0.497 e. The van der Waals surface area contributed by atoms with Gasteiger partial charge in [0.1, 0.15) is 18.3 Å². The summed E-state index contributed by atoms with van der Waals surface area (Å²) in [4.78, 5) is 27.7. The fraction of sp³-hybridized carbons (Fsp3) is 0.391. The number of nitrogens with one attached hydrogen (secondary N) is 1. The number of benzene rings is 2. The Morgan fingerprint density at radius 1 is 1.09 bits per heavy atom. The predicted octanol–water partition coefficient (Wildman–Crippen LogP) is 3.71. The number of hydrogen-bond donors (Lipinski definition) is 1. The van der Waals surface area contributed by atoms with Crippen LogP contribution in [0, 0.1) is 0 Å². The second-order valence-electron chi connectivity index (χ2n) is 7.55. The highest BCUT2D eigenvalue weighted by Crippen LogP contribution is 2.30. The molecule has 2 amide bonds. The number of carbonyl (C=O) groups excluding carboxylic acids is 2. The Morgan fingerprint density at radius 3 is 2.24 bits per heavy atom. The van der Waals surface area contributed by atoms with Crippen LogP contribution in [0.5, 0.6) is 5.75 Å². The van der Waals surface area contributed by atoms with Gasteiger partial charge in [0.15, 0.2) is 0 Å². The lowest BCUT2D eigenvalue weighted by molar-refractivity contribution is -0.140. The molecule has 11 heteroatoms. The van der Waals surface area contributed by atoms with Crippen molar-refractivity contribution in [1.82, 2.24) is 10.2 Å². The molecule has 0 radical (unpaired) electrons. The van der Waals surface area contributed by atoms with Gasteiger partial charge in [-0.25, -0.2) is 8.42 Å². The lowest BCUT2D eigenvalue weighted by Crippen LogP contribution is -2.52. The molecule has 186 valence electrons. The van der Waals surface area contributed by atoms with Crippen LogP contribution in [0.3, 0.4) is 0 Å². The first-order chi connectivity index (χ1) is 16.0. The van der Waals surface area contributed by atoms with Crippen molar-refractivity contribution in [2.24, 2.45) is 0 Å². The summed E-state index contributed by atoms with van der Waals surface area (Å²) in [7, 11) is -2.34. The molecule has 0 aliphatic heterocycles. The van der Waals surface area contributed by atoms with E-state index in [2.05, 4.69) is 5.32 Å². The van der Waals surface area contributed by atoms with Crippen molar-refractivity contribution >= 4 is 50.7 Å². The quantitative estimate of drug-likeness (QED) is 0.478. The van der Waals surface area contributed by atoms with Crippen LogP contribution >= 0.6 is 23.2 Å². The summed E-state index contributed by atoms with van der Waals surface area (Å²) in [5.74, 6) is -0.217. The molecule has 2 aromatic carbocycles. The van der Waals surface area contributed by atoms with Crippen LogP contribution in [0.2, 0.25) is 10.0 Å². The van der Waals surface area contributed by atoms with Gasteiger partial charge in [-0.3, -0.25) is 13.9 Å². The molecule has 0 spiro atoms. The lowest BCUT2D eigenvalue weighted by Gasteiger charge is -2.33. The van der Waals surface area contributed by atoms with E-state index in [0.29, 0.717) is 23.7 Å². The summed E-state index contributed by atoms with van der Waals surface area (Å²) in [6, 6.07) is 10.6. The zero-order valence-corrected chi connectivity index (χ0v) is 21.9. The SMILES string of the molecule is CCNC(=O)[C@@H](CC)N(Cc1ccc(OC)cc1)C(=O)CN(c1ccc(Cl)cc1Cl)S(C)(=O)=O. The summed E-state index contributed by atoms with van der Waals surface area (Å²) in [5, 5.41) is 3.16. The normalized spacial score (nSPS) is 12.1. The minimum Gasteiger partial charge on any atom is -0.497 e. The van der Waals surface area contributed by atoms with Crippen molar-refractivity contribution in [2.45, 2.75) is 32.9 Å². The Morgan fingerprint density at radius 2 is 1.74 bits per heavy atom. The highest BCUT2D eigenvalue weighted by Gasteiger charge is 2.32. The lowest BCUT2D eigenvalue weighted by atomic mass is 10.1. The molecule has 0 aliphatic carbocycles. The Hall–Kier alpha value is -2.49. The third kappa shape index (κ3) is 7.25. The molecular weight excluding hydrogens is 501 g/mol. The van der Waals surface area contributed by atoms with Gasteiger partial charge in [-0.15, -0.1) is 0 Å². The van der Waals surface area contributed by atoms with Gasteiger partial charge in [0.25, 0.3) is 0 Å². The first-order valence-corrected chi connectivity index (χ1v) is 13.2. The van der Waals surface area contributed by atoms with E-state index < -0.39 is 28.5 Å². The van der Waals surface area contributed by atoms with Crippen LogP contribution in [0.25, 0.3) is 0 Å². The van der Waals surface area contributed by atoms with Crippen molar-refractivity contribution in [3.8, 4) is 5.75 Å². The van der Waals surface area contributed by atoms with Crippen LogP contribution in [0.15, 0.2) is 42.5 Å². The third-order valence-electron chi connectivity index (χ3n) is 5.11. The highest BCUT2D eigenvalue weighted by molar-refractivity contribution is 7.92. The van der Waals surface area contributed by atoms with Crippen molar-refractivity contribution in [3.63, 3.8) is 0 Å². The minimum atomic E-state index is -3.89. The van der Waals surface area contributed by atoms with Crippen molar-refractivity contribution in [3.05, 3.63) is 58.1 Å². The predicted molar refractivity (Wildman–Crippen MR) is 135 cm³/mol. The van der Waals surface area contributed by atoms with E-state index in [-0.39, 0.29) is 23.2 Å². The van der Waals surface area contributed by atoms with Gasteiger partial charge < -0.3 is 15.0 Å². The van der Waals surface area contributed by atoms with E-state index in [0.717, 1.165) is 16.1 Å². The average Bonchev–Trinajstić information content (AvgIpc) is 2.77. The number of ether oxygens (including phenoxy) is 1. The van der Waals surface area contributed by atoms with Gasteiger partial charge >= 0.3 is 0 Å². The standard InChI is InChI=1S/C23H29Cl2N3O5S/c1-5-20(23(30)26-6-2)27(14-16-7-10-18(33-3)11-8-16)22(29)15-28(34(4,31)32)21-12-9-17(24)13-19(21)25/h7-13,20H,5-6,14-15H2,1-4H3,(H,26,30)/t20-/m1/s1. The van der Waals surface area contributed by atoms with Gasteiger partial charge in [0.2, 0.25) is 21.8 Å². The molecule has 0 saturated heterocycles. The number of amides is 2. The molecule has 2 rings (SSSR count). The summed E-state index contributed by atoms with van der Waals surface area (Å²) >= 11 is 12.2. The fourth-order valence-corrected chi connectivity index (χ4v) is 4.84. The molecule has 2 aromatic rings.